The van der Waals surface area contributed by atoms with Gasteiger partial charge in [0.25, 0.3) is 15.9 Å². The fourth-order valence-electron chi connectivity index (χ4n) is 1.74. The molecule has 1 heterocycles. The van der Waals surface area contributed by atoms with Crippen LogP contribution in [0.2, 0.25) is 0 Å². The summed E-state index contributed by atoms with van der Waals surface area (Å²) in [5, 5.41) is 14.2. The number of nitrogens with one attached hydrogen (secondary N) is 2. The summed E-state index contributed by atoms with van der Waals surface area (Å²) in [6.45, 7) is 2.42. The number of carbonyl (C=O) groups is 1. The molecular formula is C14H16N2O4S2. The lowest BCUT2D eigenvalue weighted by Crippen LogP contribution is -2.24. The molecule has 0 radical (unpaired) electrons. The summed E-state index contributed by atoms with van der Waals surface area (Å²) in [5.74, 6) is -0.674. The maximum absolute atomic E-state index is 12.1. The molecule has 118 valence electrons. The number of sulfonamides is 1. The summed E-state index contributed by atoms with van der Waals surface area (Å²) in [5.41, 5.74) is 0.297. The van der Waals surface area contributed by atoms with Gasteiger partial charge in [-0.25, -0.2) is 8.42 Å². The van der Waals surface area contributed by atoms with Crippen LogP contribution < -0.4 is 10.0 Å². The van der Waals surface area contributed by atoms with Crippen molar-refractivity contribution in [2.45, 2.75) is 17.6 Å². The first kappa shape index (κ1) is 16.3. The number of phenols is 1. The molecular weight excluding hydrogens is 324 g/mol. The average molecular weight is 340 g/mol. The second-order valence-electron chi connectivity index (χ2n) is 4.53. The van der Waals surface area contributed by atoms with E-state index >= 15 is 0 Å². The van der Waals surface area contributed by atoms with Crippen LogP contribution in [-0.4, -0.2) is 26.0 Å². The number of rotatable bonds is 6. The first-order valence-electron chi connectivity index (χ1n) is 6.61. The molecule has 2 rings (SSSR count). The van der Waals surface area contributed by atoms with Gasteiger partial charge in [-0.2, -0.15) is 0 Å². The molecule has 0 aliphatic rings. The van der Waals surface area contributed by atoms with Gasteiger partial charge < -0.3 is 10.4 Å². The van der Waals surface area contributed by atoms with E-state index in [1.165, 1.54) is 24.3 Å². The van der Waals surface area contributed by atoms with Gasteiger partial charge in [0, 0.05) is 12.6 Å². The van der Waals surface area contributed by atoms with Gasteiger partial charge in [0.2, 0.25) is 0 Å². The molecule has 0 aliphatic heterocycles. The van der Waals surface area contributed by atoms with E-state index < -0.39 is 15.9 Å². The standard InChI is InChI=1S/C14H16N2O4S2/c1-2-7-15-14(18)11-6-5-10(9-12(11)17)16-22(19,20)13-4-3-8-21-13/h3-6,8-9,16-17H,2,7H2,1H3,(H,15,18). The number of anilines is 1. The van der Waals surface area contributed by atoms with Gasteiger partial charge in [-0.15, -0.1) is 11.3 Å². The van der Waals surface area contributed by atoms with Crippen LogP contribution in [0.3, 0.4) is 0 Å². The predicted molar refractivity (Wildman–Crippen MR) is 85.9 cm³/mol. The van der Waals surface area contributed by atoms with Crippen molar-refractivity contribution in [1.82, 2.24) is 5.32 Å². The highest BCUT2D eigenvalue weighted by atomic mass is 32.2. The summed E-state index contributed by atoms with van der Waals surface area (Å²) < 4.78 is 26.7. The second-order valence-corrected chi connectivity index (χ2v) is 7.38. The van der Waals surface area contributed by atoms with E-state index in [4.69, 9.17) is 0 Å². The molecule has 3 N–H and O–H groups in total. The lowest BCUT2D eigenvalue weighted by atomic mass is 10.1. The van der Waals surface area contributed by atoms with Crippen molar-refractivity contribution >= 4 is 33.0 Å². The van der Waals surface area contributed by atoms with Gasteiger partial charge in [-0.3, -0.25) is 9.52 Å². The number of benzene rings is 1. The third-order valence-electron chi connectivity index (χ3n) is 2.79. The van der Waals surface area contributed by atoms with Gasteiger partial charge in [-0.05, 0) is 30.0 Å². The lowest BCUT2D eigenvalue weighted by Gasteiger charge is -2.09. The third kappa shape index (κ3) is 3.77. The van der Waals surface area contributed by atoms with Crippen molar-refractivity contribution in [2.75, 3.05) is 11.3 Å². The van der Waals surface area contributed by atoms with E-state index in [0.29, 0.717) is 6.54 Å². The van der Waals surface area contributed by atoms with Crippen LogP contribution in [0.15, 0.2) is 39.9 Å². The van der Waals surface area contributed by atoms with Gasteiger partial charge in [0.05, 0.1) is 11.3 Å². The summed E-state index contributed by atoms with van der Waals surface area (Å²) in [6.07, 6.45) is 0.783. The Hall–Kier alpha value is -2.06. The zero-order chi connectivity index (χ0) is 16.2. The summed E-state index contributed by atoms with van der Waals surface area (Å²) in [4.78, 5) is 11.8. The Morgan fingerprint density at radius 3 is 2.68 bits per heavy atom. The monoisotopic (exact) mass is 340 g/mol. The average Bonchev–Trinajstić information content (AvgIpc) is 2.99. The number of carbonyl (C=O) groups excluding carboxylic acids is 1. The first-order valence-corrected chi connectivity index (χ1v) is 8.98. The van der Waals surface area contributed by atoms with E-state index in [-0.39, 0.29) is 21.2 Å². The minimum atomic E-state index is -3.68. The maximum Gasteiger partial charge on any atom is 0.271 e. The van der Waals surface area contributed by atoms with Crippen molar-refractivity contribution in [3.8, 4) is 5.75 Å². The number of phenolic OH excluding ortho intramolecular Hbond substituents is 1. The number of aromatic hydroxyl groups is 1. The minimum absolute atomic E-state index is 0.104. The largest absolute Gasteiger partial charge is 0.507 e. The maximum atomic E-state index is 12.1. The van der Waals surface area contributed by atoms with Crippen molar-refractivity contribution < 1.29 is 18.3 Å². The molecule has 0 saturated carbocycles. The molecule has 2 aromatic rings. The number of amides is 1. The van der Waals surface area contributed by atoms with E-state index in [1.54, 1.807) is 11.4 Å². The zero-order valence-electron chi connectivity index (χ0n) is 11.9. The molecule has 0 saturated heterocycles. The Bertz CT molecular complexity index is 755. The Kier molecular flexibility index (Phi) is 5.04. The third-order valence-corrected chi connectivity index (χ3v) is 5.57. The highest BCUT2D eigenvalue weighted by Crippen LogP contribution is 2.25. The van der Waals surface area contributed by atoms with E-state index in [0.717, 1.165) is 17.8 Å². The summed E-state index contributed by atoms with van der Waals surface area (Å²) >= 11 is 1.09. The normalized spacial score (nSPS) is 11.1. The quantitative estimate of drug-likeness (QED) is 0.752. The van der Waals surface area contributed by atoms with Crippen LogP contribution in [0.5, 0.6) is 5.75 Å². The Morgan fingerprint density at radius 1 is 1.32 bits per heavy atom. The molecule has 1 aromatic heterocycles. The fourth-order valence-corrected chi connectivity index (χ4v) is 3.79. The summed E-state index contributed by atoms with van der Waals surface area (Å²) in [6, 6.07) is 7.15. The van der Waals surface area contributed by atoms with Crippen LogP contribution >= 0.6 is 11.3 Å². The van der Waals surface area contributed by atoms with Crippen molar-refractivity contribution in [3.63, 3.8) is 0 Å². The Morgan fingerprint density at radius 2 is 2.09 bits per heavy atom. The van der Waals surface area contributed by atoms with Crippen molar-refractivity contribution in [1.29, 1.82) is 0 Å². The molecule has 0 bridgehead atoms. The van der Waals surface area contributed by atoms with Gasteiger partial charge in [-0.1, -0.05) is 13.0 Å². The summed E-state index contributed by atoms with van der Waals surface area (Å²) in [7, 11) is -3.68. The molecule has 0 aliphatic carbocycles. The number of hydrogen-bond acceptors (Lipinski definition) is 5. The van der Waals surface area contributed by atoms with Gasteiger partial charge in [0.1, 0.15) is 9.96 Å². The topological polar surface area (TPSA) is 95.5 Å². The number of thiophene rings is 1. The first-order chi connectivity index (χ1) is 10.4. The molecule has 8 heteroatoms. The Balaban J connectivity index is 2.18. The van der Waals surface area contributed by atoms with Gasteiger partial charge >= 0.3 is 0 Å². The number of hydrogen-bond donors (Lipinski definition) is 3. The highest BCUT2D eigenvalue weighted by Gasteiger charge is 2.17. The zero-order valence-corrected chi connectivity index (χ0v) is 13.5. The van der Waals surface area contributed by atoms with Crippen LogP contribution in [0, 0.1) is 0 Å². The molecule has 0 spiro atoms. The van der Waals surface area contributed by atoms with Crippen LogP contribution in [0.25, 0.3) is 0 Å². The molecule has 1 amide bonds. The highest BCUT2D eigenvalue weighted by molar-refractivity contribution is 7.94. The minimum Gasteiger partial charge on any atom is -0.507 e. The second kappa shape index (κ2) is 6.80. The molecule has 6 nitrogen and oxygen atoms in total. The van der Waals surface area contributed by atoms with Crippen LogP contribution in [0.4, 0.5) is 5.69 Å². The van der Waals surface area contributed by atoms with Crippen molar-refractivity contribution in [3.05, 3.63) is 41.3 Å². The van der Waals surface area contributed by atoms with Crippen LogP contribution in [-0.2, 0) is 10.0 Å². The molecule has 22 heavy (non-hydrogen) atoms. The Labute approximate surface area is 132 Å². The lowest BCUT2D eigenvalue weighted by molar-refractivity contribution is 0.0951. The van der Waals surface area contributed by atoms with E-state index in [9.17, 15) is 18.3 Å². The molecule has 0 fully saturated rings. The fraction of sp³-hybridized carbons (Fsp3) is 0.214. The van der Waals surface area contributed by atoms with Crippen LogP contribution in [0.1, 0.15) is 23.7 Å². The van der Waals surface area contributed by atoms with Crippen molar-refractivity contribution in [2.24, 2.45) is 0 Å². The smallest absolute Gasteiger partial charge is 0.271 e. The van der Waals surface area contributed by atoms with E-state index in [1.807, 2.05) is 6.92 Å². The SMILES string of the molecule is CCCNC(=O)c1ccc(NS(=O)(=O)c2cccs2)cc1O. The van der Waals surface area contributed by atoms with Gasteiger partial charge in [0.15, 0.2) is 0 Å². The molecule has 0 atom stereocenters. The molecule has 0 unspecified atom stereocenters. The van der Waals surface area contributed by atoms with E-state index in [2.05, 4.69) is 10.0 Å². The molecule has 1 aromatic carbocycles. The predicted octanol–water partition coefficient (Wildman–Crippen LogP) is 2.39.